The number of fused-ring (bicyclic) bond motifs is 4. The predicted molar refractivity (Wildman–Crippen MR) is 490 cm³/mol. The Hall–Kier alpha value is -14.4. The van der Waals surface area contributed by atoms with Gasteiger partial charge in [-0.25, -0.2) is 9.80 Å². The molecule has 0 spiro atoms. The number of carbonyl (C=O) groups is 4. The lowest BCUT2D eigenvalue weighted by Crippen LogP contribution is -2.42. The van der Waals surface area contributed by atoms with Crippen molar-refractivity contribution in [3.8, 4) is 90.5 Å². The maximum Gasteiger partial charge on any atom is 0.294 e. The van der Waals surface area contributed by atoms with E-state index in [1.54, 1.807) is 72.8 Å². The third-order valence-electron chi connectivity index (χ3n) is 24.3. The molecule has 0 radical (unpaired) electrons. The molecule has 18 aromatic rings. The third kappa shape index (κ3) is 12.6. The number of anilines is 2. The fraction of sp³-hybridized carbons (Fsp3) is 0.113. The van der Waals surface area contributed by atoms with Crippen LogP contribution < -0.4 is 28.7 Å². The second-order valence-corrected chi connectivity index (χ2v) is 35.8. The SMILES string of the molecule is CC(C)c1cccc(C(C)C)c1N1C(=O)c2ccc3c4cc(Oc5ccc(S(=O)(=O)O)cc5-c5ccccc5)c5c6c(Oc7ccccc7-c7ccccc7)cc7c8c(cc(Oc9ccccc9-c9ccccc9)c(c9c(Oc%10ccc(S(=O)(=O)O)cc%10-c%10ccccc%10)cc(c%10ccc(c2c3%10)C1=O)c4c59)c86)C(=O)N(c1c(C(C)C)cccc1C(C)C)C7=O. The molecule has 0 aromatic heterocycles. The van der Waals surface area contributed by atoms with Crippen LogP contribution in [0.3, 0.4) is 0 Å². The van der Waals surface area contributed by atoms with E-state index in [4.69, 9.17) is 18.9 Å². The van der Waals surface area contributed by atoms with Gasteiger partial charge in [0.05, 0.1) is 32.3 Å². The highest BCUT2D eigenvalue weighted by Gasteiger charge is 2.44. The summed E-state index contributed by atoms with van der Waals surface area (Å²) in [6.07, 6.45) is 0. The number of imide groups is 2. The first-order valence-corrected chi connectivity index (χ1v) is 44.0. The number of hydrogen-bond donors (Lipinski definition) is 2. The molecular formula is C106H78N2O14S2. The molecule has 0 bridgehead atoms. The van der Waals surface area contributed by atoms with Crippen LogP contribution in [0.25, 0.3) is 120 Å². The van der Waals surface area contributed by atoms with E-state index in [1.807, 2.05) is 237 Å². The van der Waals surface area contributed by atoms with Gasteiger partial charge in [-0.05, 0) is 185 Å². The molecule has 0 unspecified atom stereocenters. The molecule has 18 aromatic carbocycles. The summed E-state index contributed by atoms with van der Waals surface area (Å²) in [6.45, 7) is 16.2. The van der Waals surface area contributed by atoms with Crippen LogP contribution in [0.1, 0.15) is 143 Å². The van der Waals surface area contributed by atoms with Gasteiger partial charge < -0.3 is 18.9 Å². The van der Waals surface area contributed by atoms with Gasteiger partial charge >= 0.3 is 0 Å². The summed E-state index contributed by atoms with van der Waals surface area (Å²) in [4.78, 5) is 68.5. The van der Waals surface area contributed by atoms with Gasteiger partial charge in [0.1, 0.15) is 46.0 Å². The van der Waals surface area contributed by atoms with Crippen molar-refractivity contribution in [1.82, 2.24) is 0 Å². The molecule has 124 heavy (non-hydrogen) atoms. The Bertz CT molecular complexity index is 7390. The van der Waals surface area contributed by atoms with Gasteiger partial charge in [-0.15, -0.1) is 0 Å². The van der Waals surface area contributed by atoms with E-state index in [0.717, 1.165) is 33.4 Å². The van der Waals surface area contributed by atoms with E-state index >= 15 is 19.2 Å². The normalized spacial score (nSPS) is 13.2. The molecular weight excluding hydrogens is 1590 g/mol. The zero-order chi connectivity index (χ0) is 85.8. The number of para-hydroxylation sites is 4. The van der Waals surface area contributed by atoms with Gasteiger partial charge in [0.25, 0.3) is 43.9 Å². The first kappa shape index (κ1) is 78.2. The highest BCUT2D eigenvalue weighted by Crippen LogP contribution is 2.61. The monoisotopic (exact) mass is 1670 g/mol. The molecule has 2 aliphatic heterocycles. The third-order valence-corrected chi connectivity index (χ3v) is 26.0. The predicted octanol–water partition coefficient (Wildman–Crippen LogP) is 27.1. The van der Waals surface area contributed by atoms with E-state index < -0.39 is 53.7 Å². The molecule has 16 nitrogen and oxygen atoms in total. The maximum absolute atomic E-state index is 17.2. The van der Waals surface area contributed by atoms with Crippen molar-refractivity contribution in [2.45, 2.75) is 88.9 Å². The molecule has 4 amide bonds. The molecule has 18 heteroatoms. The van der Waals surface area contributed by atoms with Gasteiger partial charge in [0.2, 0.25) is 0 Å². The van der Waals surface area contributed by atoms with E-state index in [1.165, 1.54) is 46.2 Å². The largest absolute Gasteiger partial charge is 0.456 e. The fourth-order valence-electron chi connectivity index (χ4n) is 18.7. The minimum absolute atomic E-state index is 0.0639. The Kier molecular flexibility index (Phi) is 18.7. The van der Waals surface area contributed by atoms with E-state index in [9.17, 15) is 25.9 Å². The average Bonchev–Trinajstić information content (AvgIpc) is 0.663. The van der Waals surface area contributed by atoms with Crippen LogP contribution in [0.2, 0.25) is 0 Å². The molecule has 0 saturated heterocycles. The maximum atomic E-state index is 17.2. The van der Waals surface area contributed by atoms with Crippen molar-refractivity contribution in [1.29, 1.82) is 0 Å². The topological polar surface area (TPSA) is 220 Å². The first-order valence-electron chi connectivity index (χ1n) is 41.1. The Labute approximate surface area is 714 Å². The molecule has 2 heterocycles. The quantitative estimate of drug-likeness (QED) is 0.0314. The van der Waals surface area contributed by atoms with Crippen molar-refractivity contribution in [3.63, 3.8) is 0 Å². The zero-order valence-corrected chi connectivity index (χ0v) is 70.2. The Morgan fingerprint density at radius 1 is 0.234 bits per heavy atom. The average molecular weight is 1670 g/mol. The molecule has 608 valence electrons. The lowest BCUT2D eigenvalue weighted by Gasteiger charge is -2.34. The molecule has 2 aliphatic rings. The second kappa shape index (κ2) is 29.7. The Morgan fingerprint density at radius 3 is 0.855 bits per heavy atom. The summed E-state index contributed by atoms with van der Waals surface area (Å²) < 4.78 is 107. The minimum atomic E-state index is -4.89. The molecule has 2 N–H and O–H groups in total. The van der Waals surface area contributed by atoms with Crippen LogP contribution in [0.4, 0.5) is 11.4 Å². The Balaban J connectivity index is 1.03. The Morgan fingerprint density at radius 2 is 0.516 bits per heavy atom. The summed E-state index contributed by atoms with van der Waals surface area (Å²) in [5, 5.41) is 5.60. The fourth-order valence-corrected chi connectivity index (χ4v) is 19.7. The van der Waals surface area contributed by atoms with Gasteiger partial charge in [0.15, 0.2) is 0 Å². The molecule has 0 atom stereocenters. The molecule has 0 fully saturated rings. The number of hydrogen-bond acceptors (Lipinski definition) is 12. The van der Waals surface area contributed by atoms with Gasteiger partial charge in [-0.1, -0.05) is 262 Å². The van der Waals surface area contributed by atoms with E-state index in [2.05, 4.69) is 0 Å². The minimum Gasteiger partial charge on any atom is -0.456 e. The van der Waals surface area contributed by atoms with E-state index in [-0.39, 0.29) is 124 Å². The number of benzene rings is 18. The van der Waals surface area contributed by atoms with Crippen LogP contribution in [0, 0.1) is 0 Å². The van der Waals surface area contributed by atoms with Crippen LogP contribution in [0.15, 0.2) is 301 Å². The van der Waals surface area contributed by atoms with Crippen molar-refractivity contribution < 1.29 is 64.1 Å². The summed E-state index contributed by atoms with van der Waals surface area (Å²) in [7, 11) is -9.78. The lowest BCUT2D eigenvalue weighted by molar-refractivity contribution is 0.0877. The van der Waals surface area contributed by atoms with Crippen LogP contribution >= 0.6 is 0 Å². The summed E-state index contributed by atoms with van der Waals surface area (Å²) >= 11 is 0. The van der Waals surface area contributed by atoms with Crippen LogP contribution in [-0.2, 0) is 20.2 Å². The second-order valence-electron chi connectivity index (χ2n) is 33.0. The summed E-state index contributed by atoms with van der Waals surface area (Å²) in [6, 6.07) is 86.7. The van der Waals surface area contributed by atoms with E-state index in [0.29, 0.717) is 88.2 Å². The van der Waals surface area contributed by atoms with Crippen LogP contribution in [-0.4, -0.2) is 49.6 Å². The highest BCUT2D eigenvalue weighted by molar-refractivity contribution is 7.86. The van der Waals surface area contributed by atoms with Crippen molar-refractivity contribution >= 4 is 131 Å². The molecule has 0 saturated carbocycles. The summed E-state index contributed by atoms with van der Waals surface area (Å²) in [5.74, 6) is -1.79. The number of amides is 4. The highest BCUT2D eigenvalue weighted by atomic mass is 32.2. The zero-order valence-electron chi connectivity index (χ0n) is 68.5. The number of nitrogens with zero attached hydrogens (tertiary/aromatic N) is 2. The van der Waals surface area contributed by atoms with Crippen molar-refractivity contribution in [3.05, 3.63) is 336 Å². The number of rotatable bonds is 20. The summed E-state index contributed by atoms with van der Waals surface area (Å²) in [5.41, 5.74) is 9.06. The number of carbonyl (C=O) groups excluding carboxylic acids is 4. The van der Waals surface area contributed by atoms with Gasteiger partial charge in [-0.3, -0.25) is 28.3 Å². The standard InChI is InChI=1S/C106H78N2O14S2/c1-57(2)67-37-25-38-68(58(3)4)101(67)107-103(109)75-47-45-73-79-53-87(121-85-49-43-65(123(113,114)115)51-77(85)63-31-17-11-18-32-63)95-97-89(119-83-41-23-21-35-71(83)61-27-13-9-14-28-61)55-81-94-82(106(112)108(105(81)111)102-69(59(5)6)39-26-40-70(102)60(7)8)56-90(120-84-42-24-22-36-72(84)62-29-15-10-16-30-62)98(100(94)97)96-88(54-80(93(79)99(95)96)74-46-48-76(104(107)110)92(75)91(73)74)122-86-50-44-66(124(116,117)118)52-78(86)64-33-19-12-20-34-64/h9-60H,1-8H3,(H,113,114,115)(H,116,117,118). The lowest BCUT2D eigenvalue weighted by atomic mass is 9.79. The van der Waals surface area contributed by atoms with Gasteiger partial charge in [0, 0.05) is 76.5 Å². The van der Waals surface area contributed by atoms with Crippen LogP contribution in [0.5, 0.6) is 46.0 Å². The first-order chi connectivity index (χ1) is 59.8. The molecule has 0 aliphatic carbocycles. The van der Waals surface area contributed by atoms with Gasteiger partial charge in [-0.2, -0.15) is 16.8 Å². The molecule has 20 rings (SSSR count). The van der Waals surface area contributed by atoms with Crippen molar-refractivity contribution in [2.24, 2.45) is 0 Å². The smallest absolute Gasteiger partial charge is 0.294 e. The van der Waals surface area contributed by atoms with Crippen molar-refractivity contribution in [2.75, 3.05) is 9.80 Å². The number of ether oxygens (including phenoxy) is 4.